The van der Waals surface area contributed by atoms with E-state index < -0.39 is 5.97 Å². The van der Waals surface area contributed by atoms with Gasteiger partial charge in [-0.2, -0.15) is 0 Å². The Morgan fingerprint density at radius 2 is 1.93 bits per heavy atom. The molecule has 5 nitrogen and oxygen atoms in total. The van der Waals surface area contributed by atoms with Crippen LogP contribution in [0.3, 0.4) is 0 Å². The van der Waals surface area contributed by atoms with Gasteiger partial charge < -0.3 is 19.4 Å². The van der Waals surface area contributed by atoms with Crippen LogP contribution >= 0.6 is 0 Å². The van der Waals surface area contributed by atoms with Gasteiger partial charge >= 0.3 is 0 Å². The van der Waals surface area contributed by atoms with E-state index in [2.05, 4.69) is 6.08 Å². The van der Waals surface area contributed by atoms with Crippen molar-refractivity contribution in [2.24, 2.45) is 0 Å². The number of allylic oxidation sites excluding steroid dienone is 1. The maximum Gasteiger partial charge on any atom is 0.231 e. The molecule has 134 valence electrons. The number of fused-ring (bicyclic) bond motifs is 3. The van der Waals surface area contributed by atoms with Crippen molar-refractivity contribution in [3.05, 3.63) is 64.8 Å². The maximum absolute atomic E-state index is 11.9. The summed E-state index contributed by atoms with van der Waals surface area (Å²) in [4.78, 5) is 16.7. The monoisotopic (exact) mass is 358 g/mol. The van der Waals surface area contributed by atoms with Crippen LogP contribution in [0.4, 0.5) is 0 Å². The van der Waals surface area contributed by atoms with Crippen molar-refractivity contribution >= 4 is 28.5 Å². The van der Waals surface area contributed by atoms with Crippen LogP contribution in [-0.2, 0) is 6.42 Å². The third-order valence-electron chi connectivity index (χ3n) is 5.11. The van der Waals surface area contributed by atoms with E-state index in [9.17, 15) is 9.90 Å². The summed E-state index contributed by atoms with van der Waals surface area (Å²) in [6, 6.07) is 13.1. The molecule has 3 aromatic rings. The average Bonchev–Trinajstić information content (AvgIpc) is 3.14. The van der Waals surface area contributed by atoms with Gasteiger partial charge in [-0.1, -0.05) is 24.3 Å². The number of ether oxygens (including phenoxy) is 2. The number of carbonyl (C=O) groups excluding carboxylic acids is 1. The first-order valence-corrected chi connectivity index (χ1v) is 8.94. The molecule has 1 aliphatic heterocycles. The number of hydrogen-bond donors (Lipinski definition) is 0. The Hall–Kier alpha value is -3.34. The number of carboxylic acid groups (broad SMARTS) is 1. The van der Waals surface area contributed by atoms with E-state index in [1.54, 1.807) is 6.07 Å². The van der Waals surface area contributed by atoms with Crippen LogP contribution in [0, 0.1) is 0 Å². The Kier molecular flexibility index (Phi) is 3.60. The second-order valence-corrected chi connectivity index (χ2v) is 6.75. The highest BCUT2D eigenvalue weighted by atomic mass is 16.7. The molecular formula is C22H16NO4-. The minimum atomic E-state index is -1.14. The molecule has 5 rings (SSSR count). The summed E-state index contributed by atoms with van der Waals surface area (Å²) in [7, 11) is 0. The Labute approximate surface area is 155 Å². The fourth-order valence-corrected chi connectivity index (χ4v) is 3.91. The van der Waals surface area contributed by atoms with Crippen LogP contribution in [0.25, 0.3) is 22.6 Å². The Morgan fingerprint density at radius 3 is 2.81 bits per heavy atom. The number of aromatic carboxylic acids is 1. The molecule has 0 N–H and O–H groups in total. The number of para-hydroxylation sites is 1. The van der Waals surface area contributed by atoms with Gasteiger partial charge in [0.2, 0.25) is 6.79 Å². The topological polar surface area (TPSA) is 71.5 Å². The summed E-state index contributed by atoms with van der Waals surface area (Å²) in [6.07, 6.45) is 4.47. The van der Waals surface area contributed by atoms with Crippen LogP contribution in [0.5, 0.6) is 11.5 Å². The first-order valence-electron chi connectivity index (χ1n) is 8.94. The third kappa shape index (κ3) is 2.63. The van der Waals surface area contributed by atoms with E-state index in [-0.39, 0.29) is 12.4 Å². The molecular weight excluding hydrogens is 342 g/mol. The summed E-state index contributed by atoms with van der Waals surface area (Å²) in [5.74, 6) is 0.320. The van der Waals surface area contributed by atoms with Gasteiger partial charge in [-0.05, 0) is 60.2 Å². The average molecular weight is 358 g/mol. The van der Waals surface area contributed by atoms with Crippen molar-refractivity contribution in [1.82, 2.24) is 4.98 Å². The lowest BCUT2D eigenvalue weighted by Gasteiger charge is -2.23. The van der Waals surface area contributed by atoms with Gasteiger partial charge in [0.05, 0.1) is 17.2 Å². The highest BCUT2D eigenvalue weighted by Crippen LogP contribution is 2.38. The lowest BCUT2D eigenvalue weighted by Crippen LogP contribution is -2.26. The first-order chi connectivity index (χ1) is 13.2. The van der Waals surface area contributed by atoms with Crippen LogP contribution < -0.4 is 14.6 Å². The van der Waals surface area contributed by atoms with Crippen molar-refractivity contribution in [2.75, 3.05) is 6.79 Å². The normalized spacial score (nSPS) is 16.5. The summed E-state index contributed by atoms with van der Waals surface area (Å²) in [5, 5.41) is 12.5. The quantitative estimate of drug-likeness (QED) is 0.703. The van der Waals surface area contributed by atoms with E-state index in [1.807, 2.05) is 36.4 Å². The molecule has 0 atom stereocenters. The number of rotatable bonds is 2. The van der Waals surface area contributed by atoms with Gasteiger partial charge in [0, 0.05) is 10.9 Å². The molecule has 2 heterocycles. The second-order valence-electron chi connectivity index (χ2n) is 6.75. The predicted molar refractivity (Wildman–Crippen MR) is 99.4 cm³/mol. The largest absolute Gasteiger partial charge is 0.545 e. The molecule has 0 amide bonds. The summed E-state index contributed by atoms with van der Waals surface area (Å²) in [6.45, 7) is 0.237. The summed E-state index contributed by atoms with van der Waals surface area (Å²) < 4.78 is 10.8. The number of aromatic nitrogens is 1. The number of carbonyl (C=O) groups is 1. The van der Waals surface area contributed by atoms with Crippen LogP contribution in [-0.4, -0.2) is 17.7 Å². The van der Waals surface area contributed by atoms with Crippen LogP contribution in [0.2, 0.25) is 0 Å². The van der Waals surface area contributed by atoms with E-state index in [1.165, 1.54) is 0 Å². The van der Waals surface area contributed by atoms with Gasteiger partial charge in [0.15, 0.2) is 11.5 Å². The molecule has 0 saturated carbocycles. The highest BCUT2D eigenvalue weighted by molar-refractivity contribution is 6.05. The molecule has 0 unspecified atom stereocenters. The molecule has 0 radical (unpaired) electrons. The molecule has 5 heteroatoms. The van der Waals surface area contributed by atoms with Crippen molar-refractivity contribution in [3.8, 4) is 11.5 Å². The lowest BCUT2D eigenvalue weighted by atomic mass is 9.86. The Bertz CT molecular complexity index is 1120. The number of nitrogens with zero attached hydrogens (tertiary/aromatic N) is 1. The smallest absolute Gasteiger partial charge is 0.231 e. The molecule has 0 bridgehead atoms. The fraction of sp³-hybridized carbons (Fsp3) is 0.182. The zero-order valence-corrected chi connectivity index (χ0v) is 14.5. The van der Waals surface area contributed by atoms with Crippen molar-refractivity contribution in [2.45, 2.75) is 19.3 Å². The maximum atomic E-state index is 11.9. The molecule has 1 aliphatic carbocycles. The zero-order valence-electron chi connectivity index (χ0n) is 14.5. The predicted octanol–water partition coefficient (Wildman–Crippen LogP) is 3.20. The van der Waals surface area contributed by atoms with Crippen LogP contribution in [0.15, 0.2) is 42.5 Å². The number of carboxylic acids is 1. The van der Waals surface area contributed by atoms with Gasteiger partial charge in [-0.3, -0.25) is 0 Å². The fourth-order valence-electron chi connectivity index (χ4n) is 3.91. The molecule has 0 saturated heterocycles. The number of pyridine rings is 1. The van der Waals surface area contributed by atoms with Gasteiger partial charge in [-0.25, -0.2) is 4.98 Å². The lowest BCUT2D eigenvalue weighted by molar-refractivity contribution is -0.254. The van der Waals surface area contributed by atoms with Crippen molar-refractivity contribution < 1.29 is 19.4 Å². The highest BCUT2D eigenvalue weighted by Gasteiger charge is 2.22. The van der Waals surface area contributed by atoms with Gasteiger partial charge in [-0.15, -0.1) is 0 Å². The Balaban J connectivity index is 1.69. The molecule has 0 fully saturated rings. The molecule has 1 aromatic heterocycles. The second kappa shape index (κ2) is 6.13. The van der Waals surface area contributed by atoms with Gasteiger partial charge in [0.1, 0.15) is 0 Å². The first kappa shape index (κ1) is 15.9. The molecule has 2 aliphatic rings. The van der Waals surface area contributed by atoms with Crippen LogP contribution in [0.1, 0.15) is 40.0 Å². The van der Waals surface area contributed by atoms with Crippen molar-refractivity contribution in [3.63, 3.8) is 0 Å². The van der Waals surface area contributed by atoms with Crippen molar-refractivity contribution in [1.29, 1.82) is 0 Å². The minimum absolute atomic E-state index is 0.237. The number of hydrogen-bond acceptors (Lipinski definition) is 5. The van der Waals surface area contributed by atoms with E-state index in [0.717, 1.165) is 46.7 Å². The standard InChI is InChI=1S/C22H17NO4/c24-22(25)20-15-5-1-2-7-17(15)23-21-14(4-3-6-16(20)21)10-13-8-9-18-19(11-13)27-12-26-18/h1-2,5,7-11H,3-4,6,12H2,(H,24,25)/p-1/b14-10-. The Morgan fingerprint density at radius 1 is 1.07 bits per heavy atom. The van der Waals surface area contributed by atoms with Gasteiger partial charge in [0.25, 0.3) is 0 Å². The summed E-state index contributed by atoms with van der Waals surface area (Å²) >= 11 is 0. The molecule has 27 heavy (non-hydrogen) atoms. The molecule has 0 spiro atoms. The minimum Gasteiger partial charge on any atom is -0.545 e. The molecule has 2 aromatic carbocycles. The number of benzene rings is 2. The summed E-state index contributed by atoms with van der Waals surface area (Å²) in [5.41, 5.74) is 4.49. The third-order valence-corrected chi connectivity index (χ3v) is 5.11. The van der Waals surface area contributed by atoms with E-state index in [0.29, 0.717) is 17.3 Å². The SMILES string of the molecule is O=C([O-])c1c2c(nc3ccccc13)/C(=C\c1ccc3c(c1)OCO3)CCC2. The van der Waals surface area contributed by atoms with E-state index in [4.69, 9.17) is 14.5 Å². The zero-order chi connectivity index (χ0) is 18.4. The van der Waals surface area contributed by atoms with E-state index >= 15 is 0 Å².